The Kier molecular flexibility index (Phi) is 10.0. The van der Waals surface area contributed by atoms with Crippen molar-refractivity contribution in [2.45, 2.75) is 32.9 Å². The minimum atomic E-state index is -3.79. The molecule has 2 aromatic carbocycles. The van der Waals surface area contributed by atoms with Crippen LogP contribution in [0.4, 0.5) is 5.69 Å². The number of anilines is 1. The number of amides is 2. The molecule has 11 heteroatoms. The van der Waals surface area contributed by atoms with Gasteiger partial charge in [-0.15, -0.1) is 0 Å². The van der Waals surface area contributed by atoms with Gasteiger partial charge in [-0.05, 0) is 49.2 Å². The minimum absolute atomic E-state index is 0.0144. The van der Waals surface area contributed by atoms with Crippen LogP contribution in [0.25, 0.3) is 0 Å². The Balaban J connectivity index is 2.46. The van der Waals surface area contributed by atoms with Crippen LogP contribution in [0.2, 0.25) is 10.0 Å². The zero-order valence-electron chi connectivity index (χ0n) is 18.5. The molecule has 0 radical (unpaired) electrons. The van der Waals surface area contributed by atoms with Crippen LogP contribution in [0.3, 0.4) is 0 Å². The maximum absolute atomic E-state index is 13.5. The van der Waals surface area contributed by atoms with Crippen LogP contribution >= 0.6 is 39.1 Å². The van der Waals surface area contributed by atoms with Gasteiger partial charge in [0, 0.05) is 27.6 Å². The first kappa shape index (κ1) is 27.4. The molecule has 1 unspecified atom stereocenters. The summed E-state index contributed by atoms with van der Waals surface area (Å²) in [6, 6.07) is 10.7. The van der Waals surface area contributed by atoms with E-state index in [2.05, 4.69) is 21.2 Å². The molecule has 0 bridgehead atoms. The van der Waals surface area contributed by atoms with Crippen molar-refractivity contribution in [2.24, 2.45) is 0 Å². The summed E-state index contributed by atoms with van der Waals surface area (Å²) in [4.78, 5) is 27.6. The predicted molar refractivity (Wildman–Crippen MR) is 136 cm³/mol. The Bertz CT molecular complexity index is 1110. The lowest BCUT2D eigenvalue weighted by molar-refractivity contribution is -0.140. The highest BCUT2D eigenvalue weighted by Crippen LogP contribution is 2.25. The standard InChI is InChI=1S/C22H26BrCl2N3O4S/c1-4-20(22(30)26-5-2)27(13-15-9-10-17(24)12-19(15)25)21(29)14-28(33(3,31)32)18-8-6-7-16(23)11-18/h6-12,20H,4-5,13-14H2,1-3H3,(H,26,30). The van der Waals surface area contributed by atoms with E-state index in [1.54, 1.807) is 56.3 Å². The number of sulfonamides is 1. The molecule has 0 fully saturated rings. The molecule has 1 atom stereocenters. The smallest absolute Gasteiger partial charge is 0.244 e. The third kappa shape index (κ3) is 7.60. The minimum Gasteiger partial charge on any atom is -0.355 e. The second kappa shape index (κ2) is 12.1. The Morgan fingerprint density at radius 1 is 1.12 bits per heavy atom. The van der Waals surface area contributed by atoms with E-state index in [9.17, 15) is 18.0 Å². The molecule has 0 heterocycles. The van der Waals surface area contributed by atoms with Gasteiger partial charge in [-0.1, -0.05) is 58.2 Å². The normalized spacial score (nSPS) is 12.2. The maximum Gasteiger partial charge on any atom is 0.244 e. The van der Waals surface area contributed by atoms with Crippen molar-refractivity contribution in [1.29, 1.82) is 0 Å². The molecule has 33 heavy (non-hydrogen) atoms. The largest absolute Gasteiger partial charge is 0.355 e. The molecule has 0 aliphatic carbocycles. The highest BCUT2D eigenvalue weighted by atomic mass is 79.9. The van der Waals surface area contributed by atoms with Gasteiger partial charge in [-0.25, -0.2) is 8.42 Å². The number of nitrogens with zero attached hydrogens (tertiary/aromatic N) is 2. The summed E-state index contributed by atoms with van der Waals surface area (Å²) in [5.41, 5.74) is 0.918. The molecule has 0 saturated carbocycles. The summed E-state index contributed by atoms with van der Waals surface area (Å²) in [6.07, 6.45) is 1.36. The van der Waals surface area contributed by atoms with E-state index in [-0.39, 0.29) is 12.5 Å². The third-order valence-electron chi connectivity index (χ3n) is 4.87. The van der Waals surface area contributed by atoms with Crippen LogP contribution in [0, 0.1) is 0 Å². The predicted octanol–water partition coefficient (Wildman–Crippen LogP) is 4.47. The lowest BCUT2D eigenvalue weighted by atomic mass is 10.1. The molecule has 2 amide bonds. The SMILES string of the molecule is CCNC(=O)C(CC)N(Cc1ccc(Cl)cc1Cl)C(=O)CN(c1cccc(Br)c1)S(C)(=O)=O. The number of hydrogen-bond acceptors (Lipinski definition) is 4. The molecule has 0 aliphatic heterocycles. The zero-order chi connectivity index (χ0) is 24.8. The van der Waals surface area contributed by atoms with Gasteiger partial charge >= 0.3 is 0 Å². The third-order valence-corrected chi connectivity index (χ3v) is 7.09. The molecule has 7 nitrogen and oxygen atoms in total. The van der Waals surface area contributed by atoms with E-state index in [4.69, 9.17) is 23.2 Å². The van der Waals surface area contributed by atoms with Crippen LogP contribution in [-0.2, 0) is 26.2 Å². The molecular weight excluding hydrogens is 553 g/mol. The number of carbonyl (C=O) groups is 2. The molecule has 0 spiro atoms. The monoisotopic (exact) mass is 577 g/mol. The molecule has 0 saturated heterocycles. The topological polar surface area (TPSA) is 86.8 Å². The van der Waals surface area contributed by atoms with Crippen molar-refractivity contribution in [2.75, 3.05) is 23.7 Å². The molecule has 0 aromatic heterocycles. The molecule has 0 aliphatic rings. The first-order valence-corrected chi connectivity index (χ1v) is 13.6. The van der Waals surface area contributed by atoms with Gasteiger partial charge in [0.25, 0.3) is 0 Å². The van der Waals surface area contributed by atoms with Gasteiger partial charge in [-0.3, -0.25) is 13.9 Å². The Morgan fingerprint density at radius 2 is 1.82 bits per heavy atom. The average Bonchev–Trinajstić information content (AvgIpc) is 2.72. The average molecular weight is 579 g/mol. The summed E-state index contributed by atoms with van der Waals surface area (Å²) < 4.78 is 26.8. The van der Waals surface area contributed by atoms with Crippen molar-refractivity contribution >= 4 is 66.7 Å². The fourth-order valence-corrected chi connectivity index (χ4v) is 4.99. The molecule has 2 aromatic rings. The van der Waals surface area contributed by atoms with E-state index < -0.39 is 28.5 Å². The van der Waals surface area contributed by atoms with Crippen LogP contribution in [0.1, 0.15) is 25.8 Å². The number of carbonyl (C=O) groups excluding carboxylic acids is 2. The lowest BCUT2D eigenvalue weighted by Gasteiger charge is -2.33. The van der Waals surface area contributed by atoms with Crippen molar-refractivity contribution in [3.63, 3.8) is 0 Å². The molecule has 2 rings (SSSR count). The van der Waals surface area contributed by atoms with E-state index in [0.717, 1.165) is 10.6 Å². The molecule has 1 N–H and O–H groups in total. The maximum atomic E-state index is 13.5. The number of hydrogen-bond donors (Lipinski definition) is 1. The first-order chi connectivity index (χ1) is 15.5. The summed E-state index contributed by atoms with van der Waals surface area (Å²) in [7, 11) is -3.79. The van der Waals surface area contributed by atoms with Crippen molar-refractivity contribution in [1.82, 2.24) is 10.2 Å². The summed E-state index contributed by atoms with van der Waals surface area (Å²) in [5.74, 6) is -0.865. The van der Waals surface area contributed by atoms with Crippen LogP contribution in [-0.4, -0.2) is 50.5 Å². The van der Waals surface area contributed by atoms with Gasteiger partial charge < -0.3 is 10.2 Å². The zero-order valence-corrected chi connectivity index (χ0v) is 22.4. The van der Waals surface area contributed by atoms with E-state index in [1.165, 1.54) is 4.90 Å². The van der Waals surface area contributed by atoms with E-state index in [1.807, 2.05) is 0 Å². The van der Waals surface area contributed by atoms with E-state index in [0.29, 0.717) is 38.7 Å². The van der Waals surface area contributed by atoms with Crippen molar-refractivity contribution in [3.8, 4) is 0 Å². The Hall–Kier alpha value is -1.81. The van der Waals surface area contributed by atoms with E-state index >= 15 is 0 Å². The van der Waals surface area contributed by atoms with Gasteiger partial charge in [0.15, 0.2) is 0 Å². The highest BCUT2D eigenvalue weighted by molar-refractivity contribution is 9.10. The van der Waals surface area contributed by atoms with Gasteiger partial charge in [-0.2, -0.15) is 0 Å². The van der Waals surface area contributed by atoms with Crippen LogP contribution < -0.4 is 9.62 Å². The Labute approximate surface area is 213 Å². The Morgan fingerprint density at radius 3 is 2.36 bits per heavy atom. The first-order valence-electron chi connectivity index (χ1n) is 10.2. The molecule has 180 valence electrons. The molecular formula is C22H26BrCl2N3O4S. The fraction of sp³-hybridized carbons (Fsp3) is 0.364. The summed E-state index contributed by atoms with van der Waals surface area (Å²) in [6.45, 7) is 3.50. The summed E-state index contributed by atoms with van der Waals surface area (Å²) in [5, 5.41) is 3.52. The highest BCUT2D eigenvalue weighted by Gasteiger charge is 2.32. The fourth-order valence-electron chi connectivity index (χ4n) is 3.29. The van der Waals surface area contributed by atoms with Crippen molar-refractivity contribution in [3.05, 3.63) is 62.5 Å². The van der Waals surface area contributed by atoms with Crippen LogP contribution in [0.5, 0.6) is 0 Å². The number of rotatable bonds is 10. The van der Waals surface area contributed by atoms with Crippen molar-refractivity contribution < 1.29 is 18.0 Å². The second-order valence-corrected chi connectivity index (χ2v) is 11.0. The number of likely N-dealkylation sites (N-methyl/N-ethyl adjacent to an activating group) is 1. The lowest BCUT2D eigenvalue weighted by Crippen LogP contribution is -2.52. The number of halogens is 3. The van der Waals surface area contributed by atoms with Crippen LogP contribution in [0.15, 0.2) is 46.9 Å². The quantitative estimate of drug-likeness (QED) is 0.451. The van der Waals surface area contributed by atoms with Gasteiger partial charge in [0.1, 0.15) is 12.6 Å². The number of benzene rings is 2. The van der Waals surface area contributed by atoms with Gasteiger partial charge in [0.05, 0.1) is 11.9 Å². The second-order valence-electron chi connectivity index (χ2n) is 7.33. The number of nitrogens with one attached hydrogen (secondary N) is 1. The summed E-state index contributed by atoms with van der Waals surface area (Å²) >= 11 is 15.6. The van der Waals surface area contributed by atoms with Gasteiger partial charge in [0.2, 0.25) is 21.8 Å².